The zero-order valence-corrected chi connectivity index (χ0v) is 10.1. The van der Waals surface area contributed by atoms with Crippen LogP contribution in [0.3, 0.4) is 0 Å². The van der Waals surface area contributed by atoms with Crippen LogP contribution in [0.5, 0.6) is 0 Å². The van der Waals surface area contributed by atoms with E-state index in [-0.39, 0.29) is 18.2 Å². The highest BCUT2D eigenvalue weighted by molar-refractivity contribution is 5.94. The highest BCUT2D eigenvalue weighted by Gasteiger charge is 2.17. The number of hydrogen-bond donors (Lipinski definition) is 2. The molecule has 0 spiro atoms. The van der Waals surface area contributed by atoms with E-state index in [1.54, 1.807) is 12.3 Å². The molecule has 0 unspecified atom stereocenters. The standard InChI is InChI=1S/C12H18N2O3/c1-9(2)14(6-3-7-15)11-4-5-13-8-10(11)12(16)17/h4-5,8-9,15H,3,6-7H2,1-2H3,(H,16,17). The number of rotatable bonds is 6. The first-order valence-electron chi connectivity index (χ1n) is 5.62. The van der Waals surface area contributed by atoms with E-state index >= 15 is 0 Å². The number of aliphatic hydroxyl groups is 1. The number of aromatic nitrogens is 1. The van der Waals surface area contributed by atoms with Crippen molar-refractivity contribution in [1.29, 1.82) is 0 Å². The molecular weight excluding hydrogens is 220 g/mol. The molecule has 5 heteroatoms. The molecule has 0 radical (unpaired) electrons. The van der Waals surface area contributed by atoms with E-state index in [9.17, 15) is 4.79 Å². The van der Waals surface area contributed by atoms with Crippen LogP contribution in [0.2, 0.25) is 0 Å². The monoisotopic (exact) mass is 238 g/mol. The zero-order valence-electron chi connectivity index (χ0n) is 10.1. The zero-order chi connectivity index (χ0) is 12.8. The lowest BCUT2D eigenvalue weighted by molar-refractivity contribution is 0.0697. The molecule has 1 aromatic heterocycles. The quantitative estimate of drug-likeness (QED) is 0.783. The van der Waals surface area contributed by atoms with Crippen LogP contribution in [0.1, 0.15) is 30.6 Å². The highest BCUT2D eigenvalue weighted by Crippen LogP contribution is 2.21. The van der Waals surface area contributed by atoms with Crippen LogP contribution in [-0.4, -0.2) is 40.4 Å². The molecule has 1 rings (SSSR count). The summed E-state index contributed by atoms with van der Waals surface area (Å²) in [5.74, 6) is -0.984. The summed E-state index contributed by atoms with van der Waals surface area (Å²) in [5.41, 5.74) is 0.843. The van der Waals surface area contributed by atoms with Crippen molar-refractivity contribution in [3.05, 3.63) is 24.0 Å². The lowest BCUT2D eigenvalue weighted by Gasteiger charge is -2.29. The molecule has 0 bridgehead atoms. The number of aromatic carboxylic acids is 1. The fraction of sp³-hybridized carbons (Fsp3) is 0.500. The smallest absolute Gasteiger partial charge is 0.339 e. The lowest BCUT2D eigenvalue weighted by Crippen LogP contribution is -2.33. The molecule has 1 aromatic rings. The van der Waals surface area contributed by atoms with Crippen molar-refractivity contribution in [3.63, 3.8) is 0 Å². The molecular formula is C12H18N2O3. The van der Waals surface area contributed by atoms with E-state index in [1.807, 2.05) is 18.7 Å². The Labute approximate surface area is 101 Å². The van der Waals surface area contributed by atoms with Crippen molar-refractivity contribution >= 4 is 11.7 Å². The third kappa shape index (κ3) is 3.42. The molecule has 0 aromatic carbocycles. The molecule has 0 saturated heterocycles. The number of carboxylic acid groups (broad SMARTS) is 1. The van der Waals surface area contributed by atoms with Gasteiger partial charge in [0, 0.05) is 31.6 Å². The van der Waals surface area contributed by atoms with Gasteiger partial charge in [0.1, 0.15) is 5.56 Å². The van der Waals surface area contributed by atoms with E-state index in [4.69, 9.17) is 10.2 Å². The Morgan fingerprint density at radius 1 is 1.53 bits per heavy atom. The van der Waals surface area contributed by atoms with Gasteiger partial charge in [0.15, 0.2) is 0 Å². The van der Waals surface area contributed by atoms with Gasteiger partial charge in [-0.3, -0.25) is 4.98 Å². The Morgan fingerprint density at radius 2 is 2.24 bits per heavy atom. The topological polar surface area (TPSA) is 73.7 Å². The van der Waals surface area contributed by atoms with Gasteiger partial charge in [0.05, 0.1) is 5.69 Å². The molecule has 0 amide bonds. The van der Waals surface area contributed by atoms with Crippen LogP contribution in [0.4, 0.5) is 5.69 Å². The molecule has 94 valence electrons. The summed E-state index contributed by atoms with van der Waals surface area (Å²) in [6, 6.07) is 1.86. The second-order valence-electron chi connectivity index (χ2n) is 4.06. The fourth-order valence-corrected chi connectivity index (χ4v) is 1.70. The largest absolute Gasteiger partial charge is 0.478 e. The molecule has 1 heterocycles. The van der Waals surface area contributed by atoms with E-state index in [0.29, 0.717) is 18.7 Å². The summed E-state index contributed by atoms with van der Waals surface area (Å²) in [6.45, 7) is 4.70. The van der Waals surface area contributed by atoms with Crippen LogP contribution >= 0.6 is 0 Å². The number of anilines is 1. The average molecular weight is 238 g/mol. The van der Waals surface area contributed by atoms with Crippen LogP contribution < -0.4 is 4.90 Å². The first kappa shape index (κ1) is 13.4. The maximum atomic E-state index is 11.1. The van der Waals surface area contributed by atoms with Gasteiger partial charge in [-0.25, -0.2) is 4.79 Å². The van der Waals surface area contributed by atoms with Crippen molar-refractivity contribution < 1.29 is 15.0 Å². The molecule has 0 aliphatic rings. The molecule has 2 N–H and O–H groups in total. The Morgan fingerprint density at radius 3 is 2.76 bits per heavy atom. The van der Waals surface area contributed by atoms with Crippen molar-refractivity contribution in [3.8, 4) is 0 Å². The van der Waals surface area contributed by atoms with Gasteiger partial charge >= 0.3 is 5.97 Å². The Balaban J connectivity index is 3.04. The first-order valence-corrected chi connectivity index (χ1v) is 5.62. The SMILES string of the molecule is CC(C)N(CCCO)c1ccncc1C(=O)O. The molecule has 0 aliphatic carbocycles. The number of hydrogen-bond acceptors (Lipinski definition) is 4. The van der Waals surface area contributed by atoms with Crippen LogP contribution in [0, 0.1) is 0 Å². The van der Waals surface area contributed by atoms with Gasteiger partial charge in [-0.1, -0.05) is 0 Å². The summed E-state index contributed by atoms with van der Waals surface area (Å²) >= 11 is 0. The van der Waals surface area contributed by atoms with Crippen molar-refractivity contribution in [2.45, 2.75) is 26.3 Å². The minimum absolute atomic E-state index is 0.0940. The van der Waals surface area contributed by atoms with Crippen molar-refractivity contribution in [2.75, 3.05) is 18.1 Å². The highest BCUT2D eigenvalue weighted by atomic mass is 16.4. The first-order chi connectivity index (χ1) is 8.07. The Bertz CT molecular complexity index is 380. The van der Waals surface area contributed by atoms with E-state index < -0.39 is 5.97 Å². The lowest BCUT2D eigenvalue weighted by atomic mass is 10.1. The van der Waals surface area contributed by atoms with Gasteiger partial charge in [0.2, 0.25) is 0 Å². The predicted octanol–water partition coefficient (Wildman–Crippen LogP) is 1.38. The van der Waals surface area contributed by atoms with Crippen molar-refractivity contribution in [2.24, 2.45) is 0 Å². The summed E-state index contributed by atoms with van der Waals surface area (Å²) in [5, 5.41) is 18.0. The summed E-state index contributed by atoms with van der Waals surface area (Å²) in [6.07, 6.45) is 3.54. The third-order valence-electron chi connectivity index (χ3n) is 2.52. The van der Waals surface area contributed by atoms with E-state index in [2.05, 4.69) is 4.98 Å². The predicted molar refractivity (Wildman–Crippen MR) is 65.4 cm³/mol. The van der Waals surface area contributed by atoms with Gasteiger partial charge in [0.25, 0.3) is 0 Å². The van der Waals surface area contributed by atoms with E-state index in [1.165, 1.54) is 6.20 Å². The number of aliphatic hydroxyl groups excluding tert-OH is 1. The summed E-state index contributed by atoms with van der Waals surface area (Å²) in [7, 11) is 0. The summed E-state index contributed by atoms with van der Waals surface area (Å²) < 4.78 is 0. The minimum Gasteiger partial charge on any atom is -0.478 e. The van der Waals surface area contributed by atoms with Gasteiger partial charge in [-0.15, -0.1) is 0 Å². The number of pyridine rings is 1. The second-order valence-corrected chi connectivity index (χ2v) is 4.06. The van der Waals surface area contributed by atoms with Gasteiger partial charge < -0.3 is 15.1 Å². The van der Waals surface area contributed by atoms with Gasteiger partial charge in [-0.2, -0.15) is 0 Å². The van der Waals surface area contributed by atoms with Crippen LogP contribution in [0.25, 0.3) is 0 Å². The molecule has 0 saturated carbocycles. The van der Waals surface area contributed by atoms with Crippen LogP contribution in [0.15, 0.2) is 18.5 Å². The Kier molecular flexibility index (Phi) is 4.90. The molecule has 0 aliphatic heterocycles. The molecule has 5 nitrogen and oxygen atoms in total. The average Bonchev–Trinajstić information content (AvgIpc) is 2.29. The van der Waals surface area contributed by atoms with Crippen LogP contribution in [-0.2, 0) is 0 Å². The van der Waals surface area contributed by atoms with Crippen molar-refractivity contribution in [1.82, 2.24) is 4.98 Å². The summed E-state index contributed by atoms with van der Waals surface area (Å²) in [4.78, 5) is 16.9. The third-order valence-corrected chi connectivity index (χ3v) is 2.52. The normalized spacial score (nSPS) is 10.6. The van der Waals surface area contributed by atoms with E-state index in [0.717, 1.165) is 0 Å². The number of carbonyl (C=O) groups is 1. The number of nitrogens with zero attached hydrogens (tertiary/aromatic N) is 2. The number of carboxylic acids is 1. The molecule has 17 heavy (non-hydrogen) atoms. The van der Waals surface area contributed by atoms with Gasteiger partial charge in [-0.05, 0) is 26.3 Å². The second kappa shape index (κ2) is 6.20. The maximum absolute atomic E-state index is 11.1. The molecule has 0 fully saturated rings. The Hall–Kier alpha value is -1.62. The maximum Gasteiger partial charge on any atom is 0.339 e. The minimum atomic E-state index is -0.984. The fourth-order valence-electron chi connectivity index (χ4n) is 1.70. The molecule has 0 atom stereocenters.